The second kappa shape index (κ2) is 6.70. The molecule has 0 radical (unpaired) electrons. The number of nitrogens with zero attached hydrogens (tertiary/aromatic N) is 4. The summed E-state index contributed by atoms with van der Waals surface area (Å²) in [6, 6.07) is 7.73. The average molecular weight is 313 g/mol. The fraction of sp³-hybridized carbons (Fsp3) is 0.375. The third kappa shape index (κ3) is 3.45. The van der Waals surface area contributed by atoms with Gasteiger partial charge in [0.1, 0.15) is 0 Å². The molecule has 1 N–H and O–H groups in total. The largest absolute Gasteiger partial charge is 0.339 e. The first-order valence-electron chi connectivity index (χ1n) is 7.61. The summed E-state index contributed by atoms with van der Waals surface area (Å²) in [7, 11) is 1.90. The van der Waals surface area contributed by atoms with E-state index in [-0.39, 0.29) is 5.43 Å². The number of para-hydroxylation sites is 1. The molecule has 0 saturated carbocycles. The van der Waals surface area contributed by atoms with Crippen molar-refractivity contribution in [2.24, 2.45) is 0 Å². The summed E-state index contributed by atoms with van der Waals surface area (Å²) >= 11 is 0. The van der Waals surface area contributed by atoms with Gasteiger partial charge in [-0.25, -0.2) is 0 Å². The number of likely N-dealkylation sites (N-methyl/N-ethyl adjacent to an activating group) is 1. The first kappa shape index (κ1) is 15.4. The predicted molar refractivity (Wildman–Crippen MR) is 86.2 cm³/mol. The summed E-state index contributed by atoms with van der Waals surface area (Å²) in [6.07, 6.45) is 2.64. The summed E-state index contributed by atoms with van der Waals surface area (Å²) in [4.78, 5) is 16.2. The Kier molecular flexibility index (Phi) is 4.47. The van der Waals surface area contributed by atoms with Crippen LogP contribution in [0.3, 0.4) is 0 Å². The maximum Gasteiger partial charge on any atom is 0.228 e. The fourth-order valence-electron chi connectivity index (χ4n) is 2.39. The van der Waals surface area contributed by atoms with Gasteiger partial charge < -0.3 is 9.84 Å². The van der Waals surface area contributed by atoms with E-state index in [0.29, 0.717) is 36.1 Å². The van der Waals surface area contributed by atoms with Crippen molar-refractivity contribution in [2.75, 3.05) is 7.05 Å². The Balaban J connectivity index is 1.74. The Morgan fingerprint density at radius 3 is 3.00 bits per heavy atom. The quantitative estimate of drug-likeness (QED) is 0.735. The maximum atomic E-state index is 11.8. The van der Waals surface area contributed by atoms with Gasteiger partial charge in [0.05, 0.1) is 18.3 Å². The molecule has 0 aliphatic carbocycles. The van der Waals surface area contributed by atoms with E-state index in [1.807, 2.05) is 25.2 Å². The van der Waals surface area contributed by atoms with Crippen molar-refractivity contribution in [1.82, 2.24) is 25.2 Å². The highest BCUT2D eigenvalue weighted by Crippen LogP contribution is 2.09. The van der Waals surface area contributed by atoms with E-state index in [0.717, 1.165) is 11.9 Å². The minimum absolute atomic E-state index is 0.0713. The Morgan fingerprint density at radius 1 is 1.35 bits per heavy atom. The zero-order chi connectivity index (χ0) is 16.2. The van der Waals surface area contributed by atoms with Crippen molar-refractivity contribution in [1.29, 1.82) is 0 Å². The third-order valence-corrected chi connectivity index (χ3v) is 3.79. The van der Waals surface area contributed by atoms with Crippen LogP contribution in [-0.4, -0.2) is 33.0 Å². The van der Waals surface area contributed by atoms with E-state index in [1.165, 1.54) is 6.20 Å². The van der Waals surface area contributed by atoms with Crippen LogP contribution >= 0.6 is 0 Å². The number of rotatable bonds is 6. The van der Waals surface area contributed by atoms with E-state index in [9.17, 15) is 4.79 Å². The molecule has 3 aromatic rings. The van der Waals surface area contributed by atoms with Gasteiger partial charge in [0.25, 0.3) is 0 Å². The number of benzene rings is 1. The van der Waals surface area contributed by atoms with Gasteiger partial charge in [-0.3, -0.25) is 9.48 Å². The zero-order valence-corrected chi connectivity index (χ0v) is 13.2. The fourth-order valence-corrected chi connectivity index (χ4v) is 2.39. The summed E-state index contributed by atoms with van der Waals surface area (Å²) in [5.41, 5.74) is 0.738. The molecule has 3 rings (SSSR count). The molecule has 1 unspecified atom stereocenters. The second-order valence-electron chi connectivity index (χ2n) is 5.50. The first-order chi connectivity index (χ1) is 11.2. The SMILES string of the molecule is CNC(C)Cc1noc(CCn2ncc(=O)c3ccccc32)n1. The minimum atomic E-state index is -0.0713. The van der Waals surface area contributed by atoms with Crippen LogP contribution in [0.5, 0.6) is 0 Å². The van der Waals surface area contributed by atoms with Crippen molar-refractivity contribution in [2.45, 2.75) is 32.4 Å². The van der Waals surface area contributed by atoms with Crippen LogP contribution in [0.4, 0.5) is 0 Å². The van der Waals surface area contributed by atoms with Gasteiger partial charge >= 0.3 is 0 Å². The number of hydrogen-bond acceptors (Lipinski definition) is 6. The van der Waals surface area contributed by atoms with Gasteiger partial charge in [0.15, 0.2) is 5.82 Å². The Labute approximate surface area is 133 Å². The molecule has 2 heterocycles. The van der Waals surface area contributed by atoms with Crippen molar-refractivity contribution < 1.29 is 4.52 Å². The van der Waals surface area contributed by atoms with Gasteiger partial charge in [-0.15, -0.1) is 0 Å². The minimum Gasteiger partial charge on any atom is -0.339 e. The lowest BCUT2D eigenvalue weighted by Crippen LogP contribution is -2.24. The van der Waals surface area contributed by atoms with Crippen molar-refractivity contribution in [3.8, 4) is 0 Å². The lowest BCUT2D eigenvalue weighted by molar-refractivity contribution is 0.363. The first-order valence-corrected chi connectivity index (χ1v) is 7.61. The van der Waals surface area contributed by atoms with Gasteiger partial charge in [0.2, 0.25) is 11.3 Å². The van der Waals surface area contributed by atoms with Gasteiger partial charge in [0, 0.05) is 24.3 Å². The summed E-state index contributed by atoms with van der Waals surface area (Å²) in [5.74, 6) is 1.27. The smallest absolute Gasteiger partial charge is 0.228 e. The molecule has 0 fully saturated rings. The normalized spacial score (nSPS) is 12.6. The summed E-state index contributed by atoms with van der Waals surface area (Å²) in [6.45, 7) is 2.64. The Hall–Kier alpha value is -2.54. The number of nitrogens with one attached hydrogen (secondary N) is 1. The van der Waals surface area contributed by atoms with Crippen LogP contribution in [0.15, 0.2) is 39.8 Å². The van der Waals surface area contributed by atoms with Gasteiger partial charge in [-0.05, 0) is 26.1 Å². The van der Waals surface area contributed by atoms with Crippen molar-refractivity contribution in [3.05, 3.63) is 52.4 Å². The predicted octanol–water partition coefficient (Wildman–Crippen LogP) is 1.17. The van der Waals surface area contributed by atoms with Crippen LogP contribution in [0, 0.1) is 0 Å². The van der Waals surface area contributed by atoms with Crippen LogP contribution < -0.4 is 10.7 Å². The highest BCUT2D eigenvalue weighted by atomic mass is 16.5. The monoisotopic (exact) mass is 313 g/mol. The molecule has 1 aromatic carbocycles. The van der Waals surface area contributed by atoms with Crippen LogP contribution in [0.25, 0.3) is 10.9 Å². The molecule has 0 amide bonds. The van der Waals surface area contributed by atoms with Gasteiger partial charge in [-0.1, -0.05) is 17.3 Å². The average Bonchev–Trinajstić information content (AvgIpc) is 3.02. The van der Waals surface area contributed by atoms with E-state index in [4.69, 9.17) is 4.52 Å². The molecule has 0 bridgehead atoms. The summed E-state index contributed by atoms with van der Waals surface area (Å²) in [5, 5.41) is 12.0. The van der Waals surface area contributed by atoms with E-state index in [2.05, 4.69) is 27.5 Å². The molecule has 0 saturated heterocycles. The Morgan fingerprint density at radius 2 is 2.17 bits per heavy atom. The molecule has 0 spiro atoms. The van der Waals surface area contributed by atoms with Crippen molar-refractivity contribution in [3.63, 3.8) is 0 Å². The molecule has 0 aliphatic heterocycles. The Bertz CT molecular complexity index is 855. The molecule has 1 atom stereocenters. The lowest BCUT2D eigenvalue weighted by atomic mass is 10.2. The van der Waals surface area contributed by atoms with E-state index in [1.54, 1.807) is 10.7 Å². The standard InChI is InChI=1S/C16H19N5O2/c1-11(17-2)9-15-19-16(23-20-15)7-8-21-13-6-4-3-5-12(13)14(22)10-18-21/h3-6,10-11,17H,7-9H2,1-2H3. The third-order valence-electron chi connectivity index (χ3n) is 3.79. The maximum absolute atomic E-state index is 11.8. The molecular formula is C16H19N5O2. The number of hydrogen-bond donors (Lipinski definition) is 1. The molecule has 120 valence electrons. The van der Waals surface area contributed by atoms with Crippen LogP contribution in [-0.2, 0) is 19.4 Å². The number of fused-ring (bicyclic) bond motifs is 1. The molecule has 7 heteroatoms. The number of aromatic nitrogens is 4. The highest BCUT2D eigenvalue weighted by molar-refractivity contribution is 5.77. The second-order valence-corrected chi connectivity index (χ2v) is 5.50. The highest BCUT2D eigenvalue weighted by Gasteiger charge is 2.10. The number of aryl methyl sites for hydroxylation is 2. The lowest BCUT2D eigenvalue weighted by Gasteiger charge is -2.07. The van der Waals surface area contributed by atoms with E-state index >= 15 is 0 Å². The zero-order valence-electron chi connectivity index (χ0n) is 13.2. The molecule has 7 nitrogen and oxygen atoms in total. The summed E-state index contributed by atoms with van der Waals surface area (Å²) < 4.78 is 7.06. The van der Waals surface area contributed by atoms with E-state index < -0.39 is 0 Å². The topological polar surface area (TPSA) is 85.8 Å². The molecule has 0 aliphatic rings. The van der Waals surface area contributed by atoms with Crippen LogP contribution in [0.2, 0.25) is 0 Å². The molecule has 2 aromatic heterocycles. The van der Waals surface area contributed by atoms with Gasteiger partial charge in [-0.2, -0.15) is 10.1 Å². The van der Waals surface area contributed by atoms with Crippen LogP contribution in [0.1, 0.15) is 18.6 Å². The molecular weight excluding hydrogens is 294 g/mol. The van der Waals surface area contributed by atoms with Crippen molar-refractivity contribution >= 4 is 10.9 Å². The molecule has 23 heavy (non-hydrogen) atoms.